The summed E-state index contributed by atoms with van der Waals surface area (Å²) in [4.78, 5) is 21.8. The van der Waals surface area contributed by atoms with Crippen LogP contribution in [0.25, 0.3) is 0 Å². The van der Waals surface area contributed by atoms with E-state index in [0.29, 0.717) is 28.7 Å². The van der Waals surface area contributed by atoms with Crippen molar-refractivity contribution < 1.29 is 29.3 Å². The first-order valence-electron chi connectivity index (χ1n) is 7.84. The first-order chi connectivity index (χ1) is 12.9. The van der Waals surface area contributed by atoms with Crippen LogP contribution in [0.5, 0.6) is 23.0 Å². The van der Waals surface area contributed by atoms with Crippen molar-refractivity contribution in [3.8, 4) is 23.0 Å². The summed E-state index contributed by atoms with van der Waals surface area (Å²) >= 11 is 0. The zero-order chi connectivity index (χ0) is 19.4. The van der Waals surface area contributed by atoms with Crippen LogP contribution in [0.15, 0.2) is 66.7 Å². The third-order valence-corrected chi connectivity index (χ3v) is 3.58. The van der Waals surface area contributed by atoms with Gasteiger partial charge in [-0.05, 0) is 48.5 Å². The van der Waals surface area contributed by atoms with Crippen molar-refractivity contribution in [1.82, 2.24) is 0 Å². The molecule has 0 aromatic heterocycles. The fourth-order valence-electron chi connectivity index (χ4n) is 2.31. The number of ether oxygens (including phenoxy) is 2. The van der Waals surface area contributed by atoms with Gasteiger partial charge in [-0.15, -0.1) is 0 Å². The van der Waals surface area contributed by atoms with Gasteiger partial charge in [0.05, 0.1) is 11.1 Å². The summed E-state index contributed by atoms with van der Waals surface area (Å²) in [6.45, 7) is 0. The van der Waals surface area contributed by atoms with Crippen LogP contribution >= 0.6 is 0 Å². The van der Waals surface area contributed by atoms with E-state index in [2.05, 4.69) is 0 Å². The van der Waals surface area contributed by atoms with Gasteiger partial charge in [-0.1, -0.05) is 0 Å². The summed E-state index contributed by atoms with van der Waals surface area (Å²) in [5, 5.41) is 17.8. The first kappa shape index (κ1) is 17.8. The van der Waals surface area contributed by atoms with Gasteiger partial charge in [0, 0.05) is 23.9 Å². The molecule has 7 heteroatoms. The minimum Gasteiger partial charge on any atom is -0.478 e. The van der Waals surface area contributed by atoms with Gasteiger partial charge in [0.1, 0.15) is 23.0 Å². The van der Waals surface area contributed by atoms with Crippen LogP contribution in [0.1, 0.15) is 20.7 Å². The Hall–Kier alpha value is -4.00. The van der Waals surface area contributed by atoms with Crippen molar-refractivity contribution >= 4 is 17.6 Å². The Bertz CT molecular complexity index is 903. The van der Waals surface area contributed by atoms with E-state index in [4.69, 9.17) is 25.4 Å². The quantitative estimate of drug-likeness (QED) is 0.559. The molecule has 0 atom stereocenters. The van der Waals surface area contributed by atoms with Gasteiger partial charge in [0.15, 0.2) is 0 Å². The molecule has 136 valence electrons. The molecule has 0 aliphatic rings. The number of hydrogen-bond donors (Lipinski definition) is 3. The molecule has 0 saturated heterocycles. The number of rotatable bonds is 6. The van der Waals surface area contributed by atoms with Gasteiger partial charge in [-0.2, -0.15) is 0 Å². The number of benzene rings is 3. The van der Waals surface area contributed by atoms with E-state index in [9.17, 15) is 9.59 Å². The minimum absolute atomic E-state index is 0.156. The normalized spacial score (nSPS) is 10.2. The maximum Gasteiger partial charge on any atom is 0.335 e. The predicted octanol–water partition coefficient (Wildman–Crippen LogP) is 4.25. The van der Waals surface area contributed by atoms with Gasteiger partial charge in [-0.3, -0.25) is 0 Å². The minimum atomic E-state index is -1.02. The lowest BCUT2D eigenvalue weighted by Gasteiger charge is -2.11. The molecule has 0 saturated carbocycles. The van der Waals surface area contributed by atoms with Gasteiger partial charge in [-0.25, -0.2) is 9.59 Å². The monoisotopic (exact) mass is 365 g/mol. The van der Waals surface area contributed by atoms with Gasteiger partial charge in [0.25, 0.3) is 0 Å². The highest BCUT2D eigenvalue weighted by Gasteiger charge is 2.07. The number of hydrogen-bond acceptors (Lipinski definition) is 5. The molecule has 0 amide bonds. The lowest BCUT2D eigenvalue weighted by molar-refractivity contribution is 0.0686. The predicted molar refractivity (Wildman–Crippen MR) is 97.8 cm³/mol. The Morgan fingerprint density at radius 2 is 1.00 bits per heavy atom. The topological polar surface area (TPSA) is 119 Å². The van der Waals surface area contributed by atoms with Crippen molar-refractivity contribution in [2.45, 2.75) is 0 Å². The van der Waals surface area contributed by atoms with Crippen molar-refractivity contribution in [1.29, 1.82) is 0 Å². The molecule has 0 aliphatic heterocycles. The third kappa shape index (κ3) is 4.55. The summed E-state index contributed by atoms with van der Waals surface area (Å²) < 4.78 is 11.4. The Labute approximate surface area is 154 Å². The summed E-state index contributed by atoms with van der Waals surface area (Å²) in [7, 11) is 0. The number of carbonyl (C=O) groups is 2. The van der Waals surface area contributed by atoms with E-state index >= 15 is 0 Å². The maximum absolute atomic E-state index is 10.9. The highest BCUT2D eigenvalue weighted by molar-refractivity contribution is 5.88. The van der Waals surface area contributed by atoms with E-state index in [1.807, 2.05) is 0 Å². The first-order valence-corrected chi connectivity index (χ1v) is 7.84. The Morgan fingerprint density at radius 3 is 1.33 bits per heavy atom. The standard InChI is InChI=1S/C20H15NO6/c21-14-9-17(26-15-5-1-12(2-6-15)19(22)23)11-18(10-14)27-16-7-3-13(4-8-16)20(24)25/h1-11H,21H2,(H,22,23)(H,24,25). The largest absolute Gasteiger partial charge is 0.478 e. The lowest BCUT2D eigenvalue weighted by Crippen LogP contribution is -1.96. The van der Waals surface area contributed by atoms with E-state index in [-0.39, 0.29) is 11.1 Å². The molecule has 0 aliphatic carbocycles. The smallest absolute Gasteiger partial charge is 0.335 e. The molecule has 3 aromatic carbocycles. The molecule has 7 nitrogen and oxygen atoms in total. The number of nitrogen functional groups attached to an aromatic ring is 1. The summed E-state index contributed by atoms with van der Waals surface area (Å²) in [5.74, 6) is -0.319. The Kier molecular flexibility index (Phi) is 4.94. The molecule has 4 N–H and O–H groups in total. The number of aromatic carboxylic acids is 2. The van der Waals surface area contributed by atoms with Crippen LogP contribution in [0.4, 0.5) is 5.69 Å². The SMILES string of the molecule is Nc1cc(Oc2ccc(C(=O)O)cc2)cc(Oc2ccc(C(=O)O)cc2)c1. The summed E-state index contributed by atoms with van der Waals surface area (Å²) in [6, 6.07) is 16.7. The lowest BCUT2D eigenvalue weighted by atomic mass is 10.2. The number of carboxylic acids is 2. The number of nitrogens with two attached hydrogens (primary N) is 1. The molecule has 0 bridgehead atoms. The molecule has 27 heavy (non-hydrogen) atoms. The van der Waals surface area contributed by atoms with Crippen molar-refractivity contribution in [3.63, 3.8) is 0 Å². The van der Waals surface area contributed by atoms with Crippen LogP contribution in [0, 0.1) is 0 Å². The van der Waals surface area contributed by atoms with Crippen LogP contribution in [0.3, 0.4) is 0 Å². The van der Waals surface area contributed by atoms with Crippen molar-refractivity contribution in [2.75, 3.05) is 5.73 Å². The van der Waals surface area contributed by atoms with E-state index < -0.39 is 11.9 Å². The fourth-order valence-corrected chi connectivity index (χ4v) is 2.31. The highest BCUT2D eigenvalue weighted by Crippen LogP contribution is 2.31. The summed E-state index contributed by atoms with van der Waals surface area (Å²) in [6.07, 6.45) is 0. The van der Waals surface area contributed by atoms with Crippen LogP contribution in [-0.4, -0.2) is 22.2 Å². The second-order valence-corrected chi connectivity index (χ2v) is 5.60. The van der Waals surface area contributed by atoms with E-state index in [1.54, 1.807) is 18.2 Å². The molecule has 0 heterocycles. The second kappa shape index (κ2) is 7.49. The highest BCUT2D eigenvalue weighted by atomic mass is 16.5. The molecular weight excluding hydrogens is 350 g/mol. The van der Waals surface area contributed by atoms with Crippen LogP contribution in [-0.2, 0) is 0 Å². The molecule has 0 radical (unpaired) electrons. The van der Waals surface area contributed by atoms with Gasteiger partial charge >= 0.3 is 11.9 Å². The second-order valence-electron chi connectivity index (χ2n) is 5.60. The van der Waals surface area contributed by atoms with Crippen LogP contribution in [0.2, 0.25) is 0 Å². The number of carboxylic acid groups (broad SMARTS) is 2. The molecule has 0 fully saturated rings. The average molecular weight is 365 g/mol. The fraction of sp³-hybridized carbons (Fsp3) is 0. The van der Waals surface area contributed by atoms with Crippen molar-refractivity contribution in [2.24, 2.45) is 0 Å². The zero-order valence-electron chi connectivity index (χ0n) is 14.0. The van der Waals surface area contributed by atoms with Crippen LogP contribution < -0.4 is 15.2 Å². The molecule has 3 rings (SSSR count). The Morgan fingerprint density at radius 1 is 0.630 bits per heavy atom. The number of anilines is 1. The molecule has 3 aromatic rings. The third-order valence-electron chi connectivity index (χ3n) is 3.58. The Balaban J connectivity index is 1.77. The maximum atomic E-state index is 10.9. The molecular formula is C20H15NO6. The van der Waals surface area contributed by atoms with E-state index in [0.717, 1.165) is 0 Å². The summed E-state index contributed by atoms with van der Waals surface area (Å²) in [5.41, 5.74) is 6.60. The molecule has 0 spiro atoms. The molecule has 0 unspecified atom stereocenters. The average Bonchev–Trinajstić information content (AvgIpc) is 2.62. The van der Waals surface area contributed by atoms with Gasteiger partial charge < -0.3 is 25.4 Å². The van der Waals surface area contributed by atoms with Gasteiger partial charge in [0.2, 0.25) is 0 Å². The van der Waals surface area contributed by atoms with Crippen molar-refractivity contribution in [3.05, 3.63) is 77.9 Å². The van der Waals surface area contributed by atoms with E-state index in [1.165, 1.54) is 48.5 Å². The zero-order valence-corrected chi connectivity index (χ0v) is 14.0.